The van der Waals surface area contributed by atoms with E-state index in [0.29, 0.717) is 0 Å². The van der Waals surface area contributed by atoms with E-state index in [4.69, 9.17) is 0 Å². The van der Waals surface area contributed by atoms with Crippen LogP contribution in [0.2, 0.25) is 0 Å². The number of nitrogens with one attached hydrogen (secondary N) is 2. The largest absolute Gasteiger partial charge is 0.373 e. The number of hydrogen-bond acceptors (Lipinski definition) is 4. The van der Waals surface area contributed by atoms with Gasteiger partial charge in [0.1, 0.15) is 0 Å². The summed E-state index contributed by atoms with van der Waals surface area (Å²) in [4.78, 5) is 10.9. The van der Waals surface area contributed by atoms with Crippen LogP contribution in [-0.4, -0.2) is 44.7 Å². The van der Waals surface area contributed by atoms with Crippen LogP contribution >= 0.6 is 35.3 Å². The Morgan fingerprint density at radius 2 is 1.92 bits per heavy atom. The minimum Gasteiger partial charge on any atom is -0.373 e. The van der Waals surface area contributed by atoms with Gasteiger partial charge in [-0.05, 0) is 19.1 Å². The van der Waals surface area contributed by atoms with Crippen molar-refractivity contribution in [1.82, 2.24) is 15.6 Å². The molecule has 1 aromatic carbocycles. The SMILES string of the molecule is CN=C(NCCc1csc(C)n1)NCCN(C)c1ccccc1.I. The van der Waals surface area contributed by atoms with Gasteiger partial charge in [-0.1, -0.05) is 18.2 Å². The van der Waals surface area contributed by atoms with Gasteiger partial charge in [-0.25, -0.2) is 4.98 Å². The van der Waals surface area contributed by atoms with E-state index in [1.807, 2.05) is 13.0 Å². The van der Waals surface area contributed by atoms with Crippen LogP contribution in [0.5, 0.6) is 0 Å². The van der Waals surface area contributed by atoms with E-state index in [-0.39, 0.29) is 24.0 Å². The summed E-state index contributed by atoms with van der Waals surface area (Å²) in [6.45, 7) is 4.61. The van der Waals surface area contributed by atoms with Gasteiger partial charge in [0, 0.05) is 51.2 Å². The molecule has 0 radical (unpaired) electrons. The van der Waals surface area contributed by atoms with Gasteiger partial charge in [0.25, 0.3) is 0 Å². The Morgan fingerprint density at radius 1 is 1.21 bits per heavy atom. The topological polar surface area (TPSA) is 52.6 Å². The number of para-hydroxylation sites is 1. The minimum atomic E-state index is 0. The smallest absolute Gasteiger partial charge is 0.191 e. The van der Waals surface area contributed by atoms with Gasteiger partial charge in [0.05, 0.1) is 10.7 Å². The van der Waals surface area contributed by atoms with Crippen LogP contribution in [0.15, 0.2) is 40.7 Å². The Hall–Kier alpha value is -1.35. The second-order valence-electron chi connectivity index (χ2n) is 5.29. The number of halogens is 1. The van der Waals surface area contributed by atoms with E-state index in [9.17, 15) is 0 Å². The van der Waals surface area contributed by atoms with Gasteiger partial charge in [0.15, 0.2) is 5.96 Å². The molecule has 2 rings (SSSR count). The van der Waals surface area contributed by atoms with Gasteiger partial charge in [0.2, 0.25) is 0 Å². The van der Waals surface area contributed by atoms with E-state index >= 15 is 0 Å². The molecule has 0 aliphatic heterocycles. The van der Waals surface area contributed by atoms with Crippen molar-refractivity contribution in [3.63, 3.8) is 0 Å². The first-order valence-corrected chi connectivity index (χ1v) is 8.68. The summed E-state index contributed by atoms with van der Waals surface area (Å²) in [6, 6.07) is 10.4. The first kappa shape index (κ1) is 20.7. The average molecular weight is 459 g/mol. The quantitative estimate of drug-likeness (QED) is 0.380. The Kier molecular flexibility index (Phi) is 9.70. The van der Waals surface area contributed by atoms with E-state index < -0.39 is 0 Å². The predicted molar refractivity (Wildman–Crippen MR) is 115 cm³/mol. The van der Waals surface area contributed by atoms with Crippen LogP contribution in [0.25, 0.3) is 0 Å². The highest BCUT2D eigenvalue weighted by atomic mass is 127. The lowest BCUT2D eigenvalue weighted by Crippen LogP contribution is -2.41. The first-order chi connectivity index (χ1) is 11.2. The van der Waals surface area contributed by atoms with E-state index in [2.05, 4.69) is 62.2 Å². The zero-order chi connectivity index (χ0) is 16.5. The summed E-state index contributed by atoms with van der Waals surface area (Å²) in [5, 5.41) is 9.90. The predicted octanol–water partition coefficient (Wildman–Crippen LogP) is 2.91. The lowest BCUT2D eigenvalue weighted by Gasteiger charge is -2.20. The highest BCUT2D eigenvalue weighted by molar-refractivity contribution is 14.0. The maximum absolute atomic E-state index is 4.46. The number of guanidine groups is 1. The third kappa shape index (κ3) is 7.04. The Balaban J connectivity index is 0.00000288. The van der Waals surface area contributed by atoms with Crippen LogP contribution < -0.4 is 15.5 Å². The molecule has 0 aliphatic carbocycles. The first-order valence-electron chi connectivity index (χ1n) is 7.80. The molecule has 0 spiro atoms. The molecule has 0 saturated heterocycles. The second-order valence-corrected chi connectivity index (χ2v) is 6.35. The van der Waals surface area contributed by atoms with Gasteiger partial charge in [-0.3, -0.25) is 4.99 Å². The fourth-order valence-corrected chi connectivity index (χ4v) is 2.85. The van der Waals surface area contributed by atoms with E-state index in [1.54, 1.807) is 18.4 Å². The molecule has 2 N–H and O–H groups in total. The van der Waals surface area contributed by atoms with Gasteiger partial charge < -0.3 is 15.5 Å². The molecule has 0 atom stereocenters. The average Bonchev–Trinajstić information content (AvgIpc) is 2.99. The number of rotatable bonds is 7. The second kappa shape index (κ2) is 11.2. The van der Waals surface area contributed by atoms with Crippen LogP contribution in [0, 0.1) is 6.92 Å². The molecule has 0 aliphatic rings. The molecule has 0 bridgehead atoms. The lowest BCUT2D eigenvalue weighted by atomic mass is 10.3. The fourth-order valence-electron chi connectivity index (χ4n) is 2.21. The van der Waals surface area contributed by atoms with Crippen molar-refractivity contribution in [2.45, 2.75) is 13.3 Å². The van der Waals surface area contributed by atoms with Gasteiger partial charge in [-0.2, -0.15) is 0 Å². The van der Waals surface area contributed by atoms with E-state index in [1.165, 1.54) is 5.69 Å². The standard InChI is InChI=1S/C17H25N5S.HI/c1-14-21-15(13-23-14)9-10-19-17(18-2)20-11-12-22(3)16-7-5-4-6-8-16;/h4-8,13H,9-12H2,1-3H3,(H2,18,19,20);1H. The molecule has 132 valence electrons. The van der Waals surface area contributed by atoms with Crippen LogP contribution in [0.4, 0.5) is 5.69 Å². The summed E-state index contributed by atoms with van der Waals surface area (Å²) in [6.07, 6.45) is 0.912. The van der Waals surface area contributed by atoms with Crippen molar-refractivity contribution in [2.75, 3.05) is 38.6 Å². The van der Waals surface area contributed by atoms with Crippen molar-refractivity contribution in [3.8, 4) is 0 Å². The molecule has 1 heterocycles. The molecule has 24 heavy (non-hydrogen) atoms. The molecular weight excluding hydrogens is 433 g/mol. The summed E-state index contributed by atoms with van der Waals surface area (Å²) in [7, 11) is 3.89. The Bertz CT molecular complexity index is 614. The fraction of sp³-hybridized carbons (Fsp3) is 0.412. The van der Waals surface area contributed by atoms with Gasteiger partial charge >= 0.3 is 0 Å². The number of anilines is 1. The summed E-state index contributed by atoms with van der Waals surface area (Å²) >= 11 is 1.69. The van der Waals surface area contributed by atoms with Crippen molar-refractivity contribution in [2.24, 2.45) is 4.99 Å². The summed E-state index contributed by atoms with van der Waals surface area (Å²) in [5.74, 6) is 0.832. The number of hydrogen-bond donors (Lipinski definition) is 2. The van der Waals surface area contributed by atoms with Crippen LogP contribution in [0.1, 0.15) is 10.7 Å². The van der Waals surface area contributed by atoms with Crippen molar-refractivity contribution in [3.05, 3.63) is 46.4 Å². The molecule has 1 aromatic heterocycles. The van der Waals surface area contributed by atoms with Crippen LogP contribution in [-0.2, 0) is 6.42 Å². The van der Waals surface area contributed by atoms with E-state index in [0.717, 1.165) is 42.7 Å². The zero-order valence-corrected chi connectivity index (χ0v) is 17.6. The summed E-state index contributed by atoms with van der Waals surface area (Å²) < 4.78 is 0. The number of thiazole rings is 1. The molecule has 0 saturated carbocycles. The molecule has 0 fully saturated rings. The molecular formula is C17H26IN5S. The lowest BCUT2D eigenvalue weighted by molar-refractivity contribution is 0.766. The third-order valence-electron chi connectivity index (χ3n) is 3.50. The molecule has 2 aromatic rings. The van der Waals surface area contributed by atoms with Crippen molar-refractivity contribution in [1.29, 1.82) is 0 Å². The maximum atomic E-state index is 4.46. The molecule has 7 heteroatoms. The van der Waals surface area contributed by atoms with Crippen molar-refractivity contribution < 1.29 is 0 Å². The molecule has 5 nitrogen and oxygen atoms in total. The minimum absolute atomic E-state index is 0. The normalized spacial score (nSPS) is 10.9. The summed E-state index contributed by atoms with van der Waals surface area (Å²) in [5.41, 5.74) is 2.36. The third-order valence-corrected chi connectivity index (χ3v) is 4.32. The zero-order valence-electron chi connectivity index (χ0n) is 14.5. The highest BCUT2D eigenvalue weighted by Crippen LogP contribution is 2.09. The maximum Gasteiger partial charge on any atom is 0.191 e. The number of aliphatic imine (C=N–C) groups is 1. The highest BCUT2D eigenvalue weighted by Gasteiger charge is 2.02. The van der Waals surface area contributed by atoms with Crippen molar-refractivity contribution >= 4 is 47.0 Å². The Labute approximate surface area is 165 Å². The number of nitrogens with zero attached hydrogens (tertiary/aromatic N) is 3. The molecule has 0 unspecified atom stereocenters. The van der Waals surface area contributed by atoms with Crippen LogP contribution in [0.3, 0.4) is 0 Å². The Morgan fingerprint density at radius 3 is 2.54 bits per heavy atom. The molecule has 0 amide bonds. The number of benzene rings is 1. The number of aromatic nitrogens is 1. The number of likely N-dealkylation sites (N-methyl/N-ethyl adjacent to an activating group) is 1. The number of aryl methyl sites for hydroxylation is 1. The van der Waals surface area contributed by atoms with Gasteiger partial charge in [-0.15, -0.1) is 35.3 Å². The monoisotopic (exact) mass is 459 g/mol.